The first kappa shape index (κ1) is 17.4. The zero-order valence-corrected chi connectivity index (χ0v) is 14.1. The molecule has 23 heavy (non-hydrogen) atoms. The highest BCUT2D eigenvalue weighted by Crippen LogP contribution is 2.20. The lowest BCUT2D eigenvalue weighted by Crippen LogP contribution is -2.40. The molecule has 124 valence electrons. The third-order valence-corrected chi connectivity index (χ3v) is 3.51. The predicted octanol–water partition coefficient (Wildman–Crippen LogP) is 2.21. The molecular weight excluding hydrogens is 323 g/mol. The van der Waals surface area contributed by atoms with Gasteiger partial charge in [0.2, 0.25) is 0 Å². The zero-order valence-electron chi connectivity index (χ0n) is 13.3. The second-order valence-electron chi connectivity index (χ2n) is 6.01. The molecule has 1 heterocycles. The Morgan fingerprint density at radius 1 is 1.48 bits per heavy atom. The van der Waals surface area contributed by atoms with E-state index in [1.807, 2.05) is 0 Å². The van der Waals surface area contributed by atoms with Crippen molar-refractivity contribution in [2.75, 3.05) is 13.6 Å². The normalized spacial score (nSPS) is 11.6. The molecule has 1 N–H and O–H groups in total. The number of carbonyl (C=O) groups excluding carboxylic acids is 1. The maximum atomic E-state index is 13.3. The van der Waals surface area contributed by atoms with Gasteiger partial charge in [-0.05, 0) is 39.0 Å². The lowest BCUT2D eigenvalue weighted by molar-refractivity contribution is 0.0364. The van der Waals surface area contributed by atoms with Crippen LogP contribution in [0, 0.1) is 12.7 Å². The van der Waals surface area contributed by atoms with Crippen LogP contribution in [-0.2, 0) is 0 Å². The summed E-state index contributed by atoms with van der Waals surface area (Å²) >= 11 is 5.77. The van der Waals surface area contributed by atoms with Gasteiger partial charge in [0.25, 0.3) is 5.91 Å². The number of aromatic nitrogens is 3. The van der Waals surface area contributed by atoms with Crippen LogP contribution in [-0.4, -0.2) is 50.1 Å². The molecule has 0 aliphatic heterocycles. The summed E-state index contributed by atoms with van der Waals surface area (Å²) in [6.45, 7) is 5.06. The molecule has 0 radical (unpaired) electrons. The highest BCUT2D eigenvalue weighted by atomic mass is 35.5. The fourth-order valence-electron chi connectivity index (χ4n) is 2.22. The van der Waals surface area contributed by atoms with Gasteiger partial charge >= 0.3 is 0 Å². The summed E-state index contributed by atoms with van der Waals surface area (Å²) in [6, 6.07) is 4.13. The lowest BCUT2D eigenvalue weighted by atomic mass is 10.1. The molecular formula is C15H18ClFN4O2. The molecule has 0 atom stereocenters. The molecule has 0 bridgehead atoms. The average molecular weight is 341 g/mol. The summed E-state index contributed by atoms with van der Waals surface area (Å²) in [5.41, 5.74) is 0.154. The van der Waals surface area contributed by atoms with Crippen molar-refractivity contribution in [3.63, 3.8) is 0 Å². The summed E-state index contributed by atoms with van der Waals surface area (Å²) < 4.78 is 14.7. The van der Waals surface area contributed by atoms with E-state index in [-0.39, 0.29) is 23.2 Å². The zero-order chi connectivity index (χ0) is 17.4. The summed E-state index contributed by atoms with van der Waals surface area (Å²) in [4.78, 5) is 13.8. The molecule has 0 unspecified atom stereocenters. The minimum atomic E-state index is -1.02. The first-order chi connectivity index (χ1) is 10.6. The van der Waals surface area contributed by atoms with Gasteiger partial charge in [-0.2, -0.15) is 0 Å². The summed E-state index contributed by atoms with van der Waals surface area (Å²) in [7, 11) is 1.58. The van der Waals surface area contributed by atoms with E-state index in [9.17, 15) is 14.3 Å². The van der Waals surface area contributed by atoms with Gasteiger partial charge in [-0.3, -0.25) is 4.79 Å². The Morgan fingerprint density at radius 2 is 2.13 bits per heavy atom. The number of nitrogens with zero attached hydrogens (tertiary/aromatic N) is 4. The maximum absolute atomic E-state index is 13.3. The monoisotopic (exact) mass is 340 g/mol. The Morgan fingerprint density at radius 3 is 2.70 bits per heavy atom. The number of likely N-dealkylation sites (N-methyl/N-ethyl adjacent to an activating group) is 1. The van der Waals surface area contributed by atoms with Crippen molar-refractivity contribution in [1.29, 1.82) is 0 Å². The Bertz CT molecular complexity index is 740. The van der Waals surface area contributed by atoms with Crippen LogP contribution in [0.15, 0.2) is 18.2 Å². The van der Waals surface area contributed by atoms with Crippen LogP contribution in [0.1, 0.15) is 30.0 Å². The molecule has 6 nitrogen and oxygen atoms in total. The van der Waals surface area contributed by atoms with Crippen LogP contribution in [0.25, 0.3) is 5.69 Å². The number of rotatable bonds is 4. The van der Waals surface area contributed by atoms with E-state index >= 15 is 0 Å². The summed E-state index contributed by atoms with van der Waals surface area (Å²) in [6.07, 6.45) is 0. The van der Waals surface area contributed by atoms with Crippen LogP contribution in [0.3, 0.4) is 0 Å². The summed E-state index contributed by atoms with van der Waals surface area (Å²) in [5, 5.41) is 17.6. The van der Waals surface area contributed by atoms with Crippen LogP contribution in [0.5, 0.6) is 0 Å². The van der Waals surface area contributed by atoms with Crippen LogP contribution >= 0.6 is 11.6 Å². The fourth-order valence-corrected chi connectivity index (χ4v) is 2.40. The van der Waals surface area contributed by atoms with Gasteiger partial charge < -0.3 is 10.0 Å². The minimum absolute atomic E-state index is 0.0376. The van der Waals surface area contributed by atoms with Gasteiger partial charge in [0.15, 0.2) is 5.69 Å². The Kier molecular flexibility index (Phi) is 4.72. The maximum Gasteiger partial charge on any atom is 0.276 e. The predicted molar refractivity (Wildman–Crippen MR) is 84.3 cm³/mol. The average Bonchev–Trinajstić information content (AvgIpc) is 2.81. The van der Waals surface area contributed by atoms with E-state index < -0.39 is 11.4 Å². The molecule has 0 fully saturated rings. The fraction of sp³-hybridized carbons (Fsp3) is 0.400. The van der Waals surface area contributed by atoms with Crippen molar-refractivity contribution in [1.82, 2.24) is 19.9 Å². The second-order valence-corrected chi connectivity index (χ2v) is 6.41. The minimum Gasteiger partial charge on any atom is -0.389 e. The molecule has 8 heteroatoms. The smallest absolute Gasteiger partial charge is 0.276 e. The van der Waals surface area contributed by atoms with E-state index in [0.29, 0.717) is 11.4 Å². The molecule has 0 aliphatic rings. The molecule has 2 rings (SSSR count). The first-order valence-corrected chi connectivity index (χ1v) is 7.33. The Balaban J connectivity index is 2.32. The Labute approximate surface area is 138 Å². The quantitative estimate of drug-likeness (QED) is 0.926. The van der Waals surface area contributed by atoms with E-state index in [0.717, 1.165) is 0 Å². The number of hydrogen-bond donors (Lipinski definition) is 1. The number of hydrogen-bond acceptors (Lipinski definition) is 4. The van der Waals surface area contributed by atoms with Crippen molar-refractivity contribution in [2.45, 2.75) is 26.4 Å². The molecule has 0 saturated carbocycles. The molecule has 2 aromatic rings. The van der Waals surface area contributed by atoms with Gasteiger partial charge in [-0.1, -0.05) is 16.8 Å². The van der Waals surface area contributed by atoms with Crippen LogP contribution < -0.4 is 0 Å². The van der Waals surface area contributed by atoms with E-state index in [1.54, 1.807) is 27.8 Å². The van der Waals surface area contributed by atoms with Gasteiger partial charge in [-0.15, -0.1) is 5.10 Å². The van der Waals surface area contributed by atoms with Gasteiger partial charge in [-0.25, -0.2) is 9.07 Å². The van der Waals surface area contributed by atoms with Gasteiger partial charge in [0.1, 0.15) is 5.82 Å². The molecule has 1 aromatic heterocycles. The molecule has 0 aliphatic carbocycles. The standard InChI is InChI=1S/C15H18ClFN4O2/c1-9-13(14(22)20(4)8-15(2,3)23)18-19-21(9)10-5-6-12(17)11(16)7-10/h5-7,23H,8H2,1-4H3. The largest absolute Gasteiger partial charge is 0.389 e. The Hall–Kier alpha value is -1.99. The van der Waals surface area contributed by atoms with Crippen molar-refractivity contribution in [2.24, 2.45) is 0 Å². The highest BCUT2D eigenvalue weighted by Gasteiger charge is 2.25. The third-order valence-electron chi connectivity index (χ3n) is 3.22. The highest BCUT2D eigenvalue weighted by molar-refractivity contribution is 6.30. The van der Waals surface area contributed by atoms with Crippen molar-refractivity contribution in [3.05, 3.63) is 40.4 Å². The molecule has 0 saturated heterocycles. The van der Waals surface area contributed by atoms with E-state index in [1.165, 1.54) is 27.8 Å². The van der Waals surface area contributed by atoms with E-state index in [2.05, 4.69) is 10.3 Å². The number of carbonyl (C=O) groups is 1. The summed E-state index contributed by atoms with van der Waals surface area (Å²) in [5.74, 6) is -0.890. The van der Waals surface area contributed by atoms with Crippen molar-refractivity contribution >= 4 is 17.5 Å². The SMILES string of the molecule is Cc1c(C(=O)N(C)CC(C)(C)O)nnn1-c1ccc(F)c(Cl)c1. The van der Waals surface area contributed by atoms with Crippen molar-refractivity contribution in [3.8, 4) is 5.69 Å². The van der Waals surface area contributed by atoms with Crippen LogP contribution in [0.4, 0.5) is 4.39 Å². The van der Waals surface area contributed by atoms with Gasteiger partial charge in [0.05, 0.1) is 22.0 Å². The van der Waals surface area contributed by atoms with Crippen molar-refractivity contribution < 1.29 is 14.3 Å². The van der Waals surface area contributed by atoms with Gasteiger partial charge in [0, 0.05) is 13.6 Å². The number of halogens is 2. The number of amides is 1. The third kappa shape index (κ3) is 3.86. The molecule has 1 aromatic carbocycles. The van der Waals surface area contributed by atoms with Crippen LogP contribution in [0.2, 0.25) is 5.02 Å². The van der Waals surface area contributed by atoms with E-state index in [4.69, 9.17) is 11.6 Å². The topological polar surface area (TPSA) is 71.2 Å². The number of benzene rings is 1. The number of aliphatic hydroxyl groups is 1. The first-order valence-electron chi connectivity index (χ1n) is 6.96. The second kappa shape index (κ2) is 6.25. The lowest BCUT2D eigenvalue weighted by Gasteiger charge is -2.25. The molecule has 0 spiro atoms. The molecule has 1 amide bonds.